The first-order valence-corrected chi connectivity index (χ1v) is 21.8. The zero-order chi connectivity index (χ0) is 43.5. The van der Waals surface area contributed by atoms with E-state index in [1.807, 2.05) is 64.0 Å². The SMILES string of the molecule is CCC1=CC(C)(C)[N+](C)=c2cc3c(cc21)=C(c1ccc(C(=O)NCCCC(=O)c2ccnc(CC)c2)cc1C(=O)O)c1cc2c(cc1O3)N(C)C(C)(C)C=C2CS(=O)(=O)O. The molecule has 3 N–H and O–H groups in total. The molecule has 60 heavy (non-hydrogen) atoms. The molecular formula is C47H51N4O8S+. The highest BCUT2D eigenvalue weighted by Gasteiger charge is 2.37. The molecule has 0 atom stereocenters. The van der Waals surface area contributed by atoms with Crippen molar-refractivity contribution in [1.82, 2.24) is 14.9 Å². The number of amides is 1. The van der Waals surface area contributed by atoms with Crippen molar-refractivity contribution in [2.24, 2.45) is 0 Å². The second-order valence-corrected chi connectivity index (χ2v) is 18.2. The number of benzene rings is 3. The van der Waals surface area contributed by atoms with E-state index in [1.54, 1.807) is 36.5 Å². The molecule has 12 nitrogen and oxygen atoms in total. The first kappa shape index (κ1) is 42.2. The smallest absolute Gasteiger partial charge is 0.336 e. The highest BCUT2D eigenvalue weighted by molar-refractivity contribution is 7.86. The van der Waals surface area contributed by atoms with Crippen LogP contribution in [0.15, 0.2) is 72.9 Å². The average Bonchev–Trinajstić information content (AvgIpc) is 3.20. The second-order valence-electron chi connectivity index (χ2n) is 16.8. The Balaban J connectivity index is 1.36. The van der Waals surface area contributed by atoms with E-state index in [4.69, 9.17) is 4.74 Å². The predicted octanol–water partition coefficient (Wildman–Crippen LogP) is 6.29. The summed E-state index contributed by atoms with van der Waals surface area (Å²) in [7, 11) is -0.511. The Morgan fingerprint density at radius 3 is 2.30 bits per heavy atom. The van der Waals surface area contributed by atoms with Gasteiger partial charge in [-0.25, -0.2) is 9.37 Å². The minimum atomic E-state index is -4.43. The summed E-state index contributed by atoms with van der Waals surface area (Å²) >= 11 is 0. The maximum absolute atomic E-state index is 13.5. The number of carbonyl (C=O) groups excluding carboxylic acids is 2. The molecule has 0 aliphatic carbocycles. The molecule has 0 radical (unpaired) electrons. The number of carboxylic acids is 1. The summed E-state index contributed by atoms with van der Waals surface area (Å²) < 4.78 is 43.7. The number of aromatic carboxylic acids is 1. The average molecular weight is 832 g/mol. The maximum Gasteiger partial charge on any atom is 0.336 e. The summed E-state index contributed by atoms with van der Waals surface area (Å²) in [6.07, 6.45) is 7.72. The lowest BCUT2D eigenvalue weighted by Gasteiger charge is -2.41. The van der Waals surface area contributed by atoms with E-state index < -0.39 is 33.3 Å². The van der Waals surface area contributed by atoms with Gasteiger partial charge in [0.05, 0.1) is 17.2 Å². The number of rotatable bonds is 12. The number of anilines is 1. The number of hydrogen-bond acceptors (Lipinski definition) is 8. The van der Waals surface area contributed by atoms with Crippen LogP contribution in [0.1, 0.15) is 120 Å². The lowest BCUT2D eigenvalue weighted by molar-refractivity contribution is 0.0696. The van der Waals surface area contributed by atoms with Crippen molar-refractivity contribution in [3.63, 3.8) is 0 Å². The molecule has 3 aliphatic rings. The normalized spacial score (nSPS) is 16.1. The lowest BCUT2D eigenvalue weighted by Crippen LogP contribution is -2.47. The number of aromatic nitrogens is 1. The summed E-state index contributed by atoms with van der Waals surface area (Å²) in [5, 5.41) is 15.2. The Morgan fingerprint density at radius 2 is 1.62 bits per heavy atom. The minimum absolute atomic E-state index is 0.0525. The molecule has 13 heteroatoms. The summed E-state index contributed by atoms with van der Waals surface area (Å²) in [5.41, 5.74) is 5.57. The van der Waals surface area contributed by atoms with Crippen LogP contribution in [0.4, 0.5) is 5.69 Å². The molecule has 0 fully saturated rings. The largest absolute Gasteiger partial charge is 0.478 e. The molecule has 3 aromatic carbocycles. The van der Waals surface area contributed by atoms with Gasteiger partial charge in [0.15, 0.2) is 11.3 Å². The van der Waals surface area contributed by atoms with Crippen LogP contribution in [-0.2, 0) is 16.5 Å². The number of hydrogen-bond donors (Lipinski definition) is 3. The van der Waals surface area contributed by atoms with Gasteiger partial charge in [0.1, 0.15) is 24.3 Å². The van der Waals surface area contributed by atoms with Gasteiger partial charge < -0.3 is 20.1 Å². The Hall–Kier alpha value is -5.92. The van der Waals surface area contributed by atoms with Crippen LogP contribution < -0.4 is 30.1 Å². The van der Waals surface area contributed by atoms with E-state index in [2.05, 4.69) is 41.7 Å². The van der Waals surface area contributed by atoms with Gasteiger partial charge in [-0.15, -0.1) is 0 Å². The fraction of sp³-hybridized carbons (Fsp3) is 0.340. The Labute approximate surface area is 350 Å². The second kappa shape index (κ2) is 15.6. The fourth-order valence-electron chi connectivity index (χ4n) is 8.37. The molecule has 312 valence electrons. The number of aryl methyl sites for hydroxylation is 1. The van der Waals surface area contributed by atoms with E-state index in [9.17, 15) is 32.5 Å². The topological polar surface area (TPSA) is 166 Å². The third kappa shape index (κ3) is 7.91. The first-order valence-electron chi connectivity index (χ1n) is 20.2. The number of fused-ring (bicyclic) bond motifs is 4. The van der Waals surface area contributed by atoms with Gasteiger partial charge in [0, 0.05) is 96.1 Å². The van der Waals surface area contributed by atoms with Gasteiger partial charge >= 0.3 is 5.97 Å². The summed E-state index contributed by atoms with van der Waals surface area (Å²) in [6.45, 7) is 12.4. The number of allylic oxidation sites excluding steroid dienone is 1. The third-order valence-electron chi connectivity index (χ3n) is 12.0. The summed E-state index contributed by atoms with van der Waals surface area (Å²) in [5.74, 6) is -1.47. The lowest BCUT2D eigenvalue weighted by atomic mass is 9.83. The molecule has 0 unspecified atom stereocenters. The fourth-order valence-corrected chi connectivity index (χ4v) is 9.01. The zero-order valence-electron chi connectivity index (χ0n) is 35.3. The van der Waals surface area contributed by atoms with Crippen molar-refractivity contribution >= 4 is 50.2 Å². The van der Waals surface area contributed by atoms with E-state index >= 15 is 0 Å². The van der Waals surface area contributed by atoms with Gasteiger partial charge in [0.25, 0.3) is 16.0 Å². The zero-order valence-corrected chi connectivity index (χ0v) is 36.1. The van der Waals surface area contributed by atoms with Crippen LogP contribution in [0.3, 0.4) is 0 Å². The Morgan fingerprint density at radius 1 is 0.867 bits per heavy atom. The van der Waals surface area contributed by atoms with Crippen molar-refractivity contribution in [1.29, 1.82) is 0 Å². The van der Waals surface area contributed by atoms with Crippen molar-refractivity contribution in [2.45, 2.75) is 78.3 Å². The molecule has 1 amide bonds. The molecule has 0 spiro atoms. The first-order chi connectivity index (χ1) is 28.2. The van der Waals surface area contributed by atoms with Crippen LogP contribution in [0.25, 0.3) is 16.7 Å². The van der Waals surface area contributed by atoms with Crippen LogP contribution in [0, 0.1) is 0 Å². The number of Topliss-reactive ketones (excluding diaryl/α,β-unsaturated/α-hetero) is 1. The summed E-state index contributed by atoms with van der Waals surface area (Å²) in [4.78, 5) is 45.8. The van der Waals surface area contributed by atoms with Gasteiger partial charge in [-0.05, 0) is 92.3 Å². The van der Waals surface area contributed by atoms with Crippen molar-refractivity contribution in [3.05, 3.63) is 128 Å². The maximum atomic E-state index is 13.5. The number of ketones is 1. The number of carbonyl (C=O) groups is 3. The number of likely N-dealkylation sites (N-methyl/N-ethyl adjacent to an activating group) is 2. The van der Waals surface area contributed by atoms with Crippen LogP contribution in [-0.4, -0.2) is 78.2 Å². The molecule has 0 saturated carbocycles. The highest BCUT2D eigenvalue weighted by atomic mass is 32.2. The molecule has 3 aliphatic heterocycles. The molecule has 4 aromatic rings. The van der Waals surface area contributed by atoms with E-state index in [0.29, 0.717) is 68.6 Å². The van der Waals surface area contributed by atoms with Crippen LogP contribution in [0.2, 0.25) is 0 Å². The predicted molar refractivity (Wildman–Crippen MR) is 233 cm³/mol. The van der Waals surface area contributed by atoms with Gasteiger partial charge in [-0.2, -0.15) is 8.42 Å². The molecule has 4 heterocycles. The third-order valence-corrected chi connectivity index (χ3v) is 12.7. The van der Waals surface area contributed by atoms with Crippen molar-refractivity contribution in [2.75, 3.05) is 31.3 Å². The minimum Gasteiger partial charge on any atom is -0.478 e. The standard InChI is InChI=1S/C47H50N4O8S/c1-9-27-24-46(3,4)50(7)38-22-41-36(20-33(27)38)43(37-21-34-30(26-60(56,57)58)25-47(5,6)51(8)39(34)23-42(37)59-41)32-14-13-29(19-35(32)45(54)55)44(53)49-16-11-12-40(52)28-15-17-48-31(10-2)18-28/h13-15,17-25H,9-12,16,26H2,1-8H3,(H2-,49,53,54,55,56,57,58)/p+1. The molecule has 0 saturated heterocycles. The number of ether oxygens (including phenoxy) is 1. The van der Waals surface area contributed by atoms with Gasteiger partial charge in [-0.1, -0.05) is 26.0 Å². The van der Waals surface area contributed by atoms with Gasteiger partial charge in [-0.3, -0.25) is 19.1 Å². The van der Waals surface area contributed by atoms with E-state index in [1.165, 1.54) is 6.07 Å². The van der Waals surface area contributed by atoms with Crippen LogP contribution in [0.5, 0.6) is 11.5 Å². The number of nitrogens with zero attached hydrogens (tertiary/aromatic N) is 3. The number of carboxylic acid groups (broad SMARTS) is 1. The Kier molecular flexibility index (Phi) is 11.0. The van der Waals surface area contributed by atoms with Crippen LogP contribution >= 0.6 is 0 Å². The quantitative estimate of drug-likeness (QED) is 0.0563. The summed E-state index contributed by atoms with van der Waals surface area (Å²) in [6, 6.07) is 15.7. The molecule has 1 aromatic heterocycles. The molecule has 7 rings (SSSR count). The number of pyridine rings is 1. The molecule has 0 bridgehead atoms. The number of nitrogens with one attached hydrogen (secondary N) is 1. The van der Waals surface area contributed by atoms with E-state index in [-0.39, 0.29) is 35.4 Å². The van der Waals surface area contributed by atoms with Crippen molar-refractivity contribution in [3.8, 4) is 11.5 Å². The highest BCUT2D eigenvalue weighted by Crippen LogP contribution is 2.46. The van der Waals surface area contributed by atoms with Crippen molar-refractivity contribution < 1.29 is 37.2 Å². The monoisotopic (exact) mass is 831 g/mol. The molecular weight excluding hydrogens is 781 g/mol. The van der Waals surface area contributed by atoms with E-state index in [0.717, 1.165) is 28.6 Å². The van der Waals surface area contributed by atoms with Gasteiger partial charge in [0.2, 0.25) is 5.36 Å². The Bertz CT molecular complexity index is 2820.